The average Bonchev–Trinajstić information content (AvgIpc) is 3.59. The van der Waals surface area contributed by atoms with Crippen LogP contribution in [0.2, 0.25) is 5.02 Å². The number of aromatic nitrogens is 2. The molecule has 174 valence electrons. The van der Waals surface area contributed by atoms with Crippen LogP contribution >= 0.6 is 11.6 Å². The second-order valence-corrected chi connectivity index (χ2v) is 9.62. The first kappa shape index (κ1) is 21.2. The van der Waals surface area contributed by atoms with Crippen LogP contribution in [-0.4, -0.2) is 39.6 Å². The molecule has 2 aliphatic heterocycles. The Hall–Kier alpha value is -3.36. The Labute approximate surface area is 202 Å². The van der Waals surface area contributed by atoms with E-state index >= 15 is 0 Å². The number of aromatic amines is 1. The van der Waals surface area contributed by atoms with Crippen molar-refractivity contribution in [2.24, 2.45) is 0 Å². The van der Waals surface area contributed by atoms with Gasteiger partial charge in [0.2, 0.25) is 0 Å². The van der Waals surface area contributed by atoms with E-state index in [0.29, 0.717) is 29.7 Å². The lowest BCUT2D eigenvalue weighted by atomic mass is 10.0. The van der Waals surface area contributed by atoms with Gasteiger partial charge in [-0.25, -0.2) is 4.79 Å². The number of carbonyl (C=O) groups excluding carboxylic acids is 2. The number of hydrogen-bond donors (Lipinski definition) is 4. The molecule has 3 heterocycles. The topological polar surface area (TPSA) is 102 Å². The minimum absolute atomic E-state index is 0.0551. The monoisotopic (exact) mass is 476 g/mol. The Morgan fingerprint density at radius 1 is 1.15 bits per heavy atom. The van der Waals surface area contributed by atoms with Crippen LogP contribution in [0.15, 0.2) is 42.5 Å². The summed E-state index contributed by atoms with van der Waals surface area (Å²) in [6.07, 6.45) is 3.82. The maximum atomic E-state index is 12.7. The molecule has 1 saturated heterocycles. The Bertz CT molecular complexity index is 1290. The lowest BCUT2D eigenvalue weighted by Crippen LogP contribution is -2.29. The van der Waals surface area contributed by atoms with E-state index in [2.05, 4.69) is 32.2 Å². The quantitative estimate of drug-likeness (QED) is 0.442. The van der Waals surface area contributed by atoms with E-state index in [-0.39, 0.29) is 18.0 Å². The highest BCUT2D eigenvalue weighted by Crippen LogP contribution is 2.44. The van der Waals surface area contributed by atoms with Crippen molar-refractivity contribution in [1.29, 1.82) is 0 Å². The molecule has 34 heavy (non-hydrogen) atoms. The maximum Gasteiger partial charge on any atom is 0.324 e. The summed E-state index contributed by atoms with van der Waals surface area (Å²) in [6.45, 7) is 1.39. The molecule has 9 heteroatoms. The summed E-state index contributed by atoms with van der Waals surface area (Å²) in [6, 6.07) is 13.4. The summed E-state index contributed by atoms with van der Waals surface area (Å²) >= 11 is 6.11. The Balaban J connectivity index is 1.06. The number of anilines is 2. The van der Waals surface area contributed by atoms with Crippen molar-refractivity contribution in [1.82, 2.24) is 20.4 Å². The highest BCUT2D eigenvalue weighted by molar-refractivity contribution is 6.30. The van der Waals surface area contributed by atoms with Gasteiger partial charge in [-0.1, -0.05) is 23.7 Å². The molecule has 8 nitrogen and oxygen atoms in total. The highest BCUT2D eigenvalue weighted by Gasteiger charge is 2.41. The second-order valence-electron chi connectivity index (χ2n) is 9.18. The number of fused-ring (bicyclic) bond motifs is 4. The van der Waals surface area contributed by atoms with Crippen LogP contribution in [-0.2, 0) is 19.4 Å². The van der Waals surface area contributed by atoms with Crippen LogP contribution in [0, 0.1) is 0 Å². The van der Waals surface area contributed by atoms with Gasteiger partial charge in [-0.3, -0.25) is 15.2 Å². The molecule has 0 spiro atoms. The normalized spacial score (nSPS) is 20.3. The smallest absolute Gasteiger partial charge is 0.324 e. The molecule has 0 unspecified atom stereocenters. The standard InChI is InChI=1S/C25H25ClN6O2/c26-16-7-6-14-10-17(11-15(14)9-16)27-13-18-12-22(31-30-18)29-25(34)28-20-4-1-3-19-23(20)21-5-2-8-32(21)24(19)33/h1,3-4,6-7,9,12,17,21,27H,2,5,8,10-11,13H2,(H3,28,29,30,31,34)/t17-,21+/m0/s1. The van der Waals surface area contributed by atoms with Crippen LogP contribution < -0.4 is 16.0 Å². The van der Waals surface area contributed by atoms with Crippen molar-refractivity contribution >= 4 is 35.0 Å². The summed E-state index contributed by atoms with van der Waals surface area (Å²) in [5, 5.41) is 17.2. The molecule has 2 aromatic carbocycles. The molecular formula is C25H25ClN6O2. The summed E-state index contributed by atoms with van der Waals surface area (Å²) in [5.41, 5.74) is 5.80. The minimum atomic E-state index is -0.383. The first-order valence-electron chi connectivity index (χ1n) is 11.6. The van der Waals surface area contributed by atoms with Crippen LogP contribution in [0.3, 0.4) is 0 Å². The van der Waals surface area contributed by atoms with Gasteiger partial charge >= 0.3 is 6.03 Å². The molecule has 1 aliphatic carbocycles. The largest absolute Gasteiger partial charge is 0.331 e. The summed E-state index contributed by atoms with van der Waals surface area (Å²) in [7, 11) is 0. The van der Waals surface area contributed by atoms with Gasteiger partial charge in [0.1, 0.15) is 0 Å². The molecule has 1 fully saturated rings. The van der Waals surface area contributed by atoms with Gasteiger partial charge in [-0.05, 0) is 61.1 Å². The third kappa shape index (κ3) is 3.82. The van der Waals surface area contributed by atoms with Gasteiger partial charge in [0.15, 0.2) is 5.82 Å². The molecule has 6 rings (SSSR count). The lowest BCUT2D eigenvalue weighted by Gasteiger charge is -2.17. The molecule has 4 N–H and O–H groups in total. The number of amides is 3. The number of rotatable bonds is 5. The van der Waals surface area contributed by atoms with Gasteiger partial charge < -0.3 is 15.5 Å². The predicted octanol–water partition coefficient (Wildman–Crippen LogP) is 4.25. The Kier molecular flexibility index (Phi) is 5.27. The summed E-state index contributed by atoms with van der Waals surface area (Å²) < 4.78 is 0. The van der Waals surface area contributed by atoms with Gasteiger partial charge in [0.25, 0.3) is 5.91 Å². The Morgan fingerprint density at radius 2 is 2.03 bits per heavy atom. The molecule has 0 bridgehead atoms. The first-order chi connectivity index (χ1) is 16.5. The van der Waals surface area contributed by atoms with E-state index in [1.807, 2.05) is 41.3 Å². The van der Waals surface area contributed by atoms with Crippen molar-refractivity contribution in [3.05, 3.63) is 75.4 Å². The third-order valence-corrected chi connectivity index (χ3v) is 7.22. The SMILES string of the molecule is O=C(Nc1cc(CN[C@H]2Cc3ccc(Cl)cc3C2)[nH]n1)Nc1cccc2c1[C@H]1CCCN1C2=O. The summed E-state index contributed by atoms with van der Waals surface area (Å²) in [5.74, 6) is 0.501. The van der Waals surface area contributed by atoms with E-state index in [1.165, 1.54) is 11.1 Å². The molecule has 3 amide bonds. The second kappa shape index (κ2) is 8.45. The number of H-pyrrole nitrogens is 1. The van der Waals surface area contributed by atoms with Crippen molar-refractivity contribution < 1.29 is 9.59 Å². The number of nitrogens with zero attached hydrogens (tertiary/aromatic N) is 2. The van der Waals surface area contributed by atoms with Crippen LogP contribution in [0.1, 0.15) is 51.6 Å². The van der Waals surface area contributed by atoms with Crippen LogP contribution in [0.25, 0.3) is 0 Å². The zero-order valence-electron chi connectivity index (χ0n) is 18.5. The van der Waals surface area contributed by atoms with E-state index in [9.17, 15) is 9.59 Å². The van der Waals surface area contributed by atoms with Crippen molar-refractivity contribution in [3.8, 4) is 0 Å². The predicted molar refractivity (Wildman–Crippen MR) is 130 cm³/mol. The molecule has 0 saturated carbocycles. The highest BCUT2D eigenvalue weighted by atomic mass is 35.5. The molecule has 1 aromatic heterocycles. The fraction of sp³-hybridized carbons (Fsp3) is 0.320. The van der Waals surface area contributed by atoms with Crippen LogP contribution in [0.4, 0.5) is 16.3 Å². The fourth-order valence-corrected chi connectivity index (χ4v) is 5.65. The van der Waals surface area contributed by atoms with E-state index in [0.717, 1.165) is 48.5 Å². The van der Waals surface area contributed by atoms with Gasteiger partial charge in [0, 0.05) is 47.0 Å². The van der Waals surface area contributed by atoms with Gasteiger partial charge in [-0.15, -0.1) is 0 Å². The fourth-order valence-electron chi connectivity index (χ4n) is 5.46. The van der Waals surface area contributed by atoms with Crippen molar-refractivity contribution in [3.63, 3.8) is 0 Å². The number of nitrogens with one attached hydrogen (secondary N) is 4. The van der Waals surface area contributed by atoms with Crippen molar-refractivity contribution in [2.75, 3.05) is 17.2 Å². The lowest BCUT2D eigenvalue weighted by molar-refractivity contribution is 0.0776. The minimum Gasteiger partial charge on any atom is -0.331 e. The first-order valence-corrected chi connectivity index (χ1v) is 12.0. The number of halogens is 1. The Morgan fingerprint density at radius 3 is 2.94 bits per heavy atom. The number of carbonyl (C=O) groups is 2. The molecule has 3 aliphatic rings. The van der Waals surface area contributed by atoms with Gasteiger partial charge in [-0.2, -0.15) is 5.10 Å². The van der Waals surface area contributed by atoms with E-state index in [4.69, 9.17) is 11.6 Å². The number of urea groups is 1. The summed E-state index contributed by atoms with van der Waals surface area (Å²) in [4.78, 5) is 27.2. The van der Waals surface area contributed by atoms with Crippen molar-refractivity contribution in [2.45, 2.75) is 44.3 Å². The van der Waals surface area contributed by atoms with Gasteiger partial charge in [0.05, 0.1) is 11.7 Å². The van der Waals surface area contributed by atoms with E-state index in [1.54, 1.807) is 0 Å². The third-order valence-electron chi connectivity index (χ3n) is 6.99. The molecule has 3 aromatic rings. The molecular weight excluding hydrogens is 452 g/mol. The number of hydrogen-bond acceptors (Lipinski definition) is 4. The van der Waals surface area contributed by atoms with E-state index < -0.39 is 0 Å². The average molecular weight is 477 g/mol. The molecule has 2 atom stereocenters. The zero-order valence-corrected chi connectivity index (χ0v) is 19.3. The zero-order chi connectivity index (χ0) is 23.2. The number of benzene rings is 2. The maximum absolute atomic E-state index is 12.7. The van der Waals surface area contributed by atoms with Crippen LogP contribution in [0.5, 0.6) is 0 Å². The molecule has 0 radical (unpaired) electrons.